The van der Waals surface area contributed by atoms with Gasteiger partial charge in [-0.25, -0.2) is 0 Å². The van der Waals surface area contributed by atoms with Crippen LogP contribution in [0.2, 0.25) is 5.02 Å². The van der Waals surface area contributed by atoms with Crippen LogP contribution in [-0.4, -0.2) is 37.2 Å². The van der Waals surface area contributed by atoms with E-state index < -0.39 is 6.04 Å². The highest BCUT2D eigenvalue weighted by atomic mass is 35.5. The van der Waals surface area contributed by atoms with Gasteiger partial charge in [0.1, 0.15) is 11.3 Å². The SMILES string of the molecule is COc1ccc([C@@H]2c3c(oc4ccc(Cl)cc4c3=O)C(=O)N2C[C@H]2CCCO2)cc1. The Labute approximate surface area is 177 Å². The maximum atomic E-state index is 13.5. The van der Waals surface area contributed by atoms with Gasteiger partial charge in [0.15, 0.2) is 5.43 Å². The minimum atomic E-state index is -0.553. The van der Waals surface area contributed by atoms with Gasteiger partial charge in [0.2, 0.25) is 5.76 Å². The highest BCUT2D eigenvalue weighted by Gasteiger charge is 2.43. The number of fused-ring (bicyclic) bond motifs is 2. The monoisotopic (exact) mass is 425 g/mol. The molecule has 0 radical (unpaired) electrons. The average molecular weight is 426 g/mol. The first-order valence-electron chi connectivity index (χ1n) is 9.89. The summed E-state index contributed by atoms with van der Waals surface area (Å²) in [5.74, 6) is 0.496. The number of carbonyl (C=O) groups is 1. The van der Waals surface area contributed by atoms with E-state index in [1.165, 1.54) is 0 Å². The number of methoxy groups -OCH3 is 1. The van der Waals surface area contributed by atoms with Gasteiger partial charge in [-0.05, 0) is 48.7 Å². The first-order valence-corrected chi connectivity index (χ1v) is 10.3. The molecule has 0 saturated carbocycles. The lowest BCUT2D eigenvalue weighted by atomic mass is 9.98. The van der Waals surface area contributed by atoms with Crippen LogP contribution in [0.5, 0.6) is 5.75 Å². The van der Waals surface area contributed by atoms with Crippen molar-refractivity contribution >= 4 is 28.5 Å². The lowest BCUT2D eigenvalue weighted by Gasteiger charge is -2.27. The van der Waals surface area contributed by atoms with Gasteiger partial charge in [0.25, 0.3) is 5.91 Å². The number of benzene rings is 2. The number of ether oxygens (including phenoxy) is 2. The minimum absolute atomic E-state index is 0.0528. The summed E-state index contributed by atoms with van der Waals surface area (Å²) in [6.07, 6.45) is 1.80. The molecular weight excluding hydrogens is 406 g/mol. The molecular formula is C23H20ClNO5. The van der Waals surface area contributed by atoms with Crippen molar-refractivity contribution < 1.29 is 18.7 Å². The smallest absolute Gasteiger partial charge is 0.291 e. The van der Waals surface area contributed by atoms with Gasteiger partial charge >= 0.3 is 0 Å². The summed E-state index contributed by atoms with van der Waals surface area (Å²) in [5, 5.41) is 0.808. The molecule has 2 aromatic carbocycles. The second kappa shape index (κ2) is 7.45. The molecule has 5 rings (SSSR count). The molecule has 0 N–H and O–H groups in total. The Morgan fingerprint density at radius 1 is 1.17 bits per heavy atom. The van der Waals surface area contributed by atoms with Crippen molar-refractivity contribution in [2.45, 2.75) is 25.0 Å². The van der Waals surface area contributed by atoms with E-state index in [4.69, 9.17) is 25.5 Å². The Hall–Kier alpha value is -2.83. The number of carbonyl (C=O) groups excluding carboxylic acids is 1. The summed E-state index contributed by atoms with van der Waals surface area (Å²) < 4.78 is 17.0. The zero-order valence-electron chi connectivity index (χ0n) is 16.4. The summed E-state index contributed by atoms with van der Waals surface area (Å²) in [7, 11) is 1.59. The normalized spacial score (nSPS) is 20.7. The highest BCUT2D eigenvalue weighted by molar-refractivity contribution is 6.31. The lowest BCUT2D eigenvalue weighted by Crippen LogP contribution is -2.36. The van der Waals surface area contributed by atoms with Crippen LogP contribution in [0.4, 0.5) is 0 Å². The standard InChI is InChI=1S/C23H20ClNO5/c1-28-15-7-4-13(5-8-15)20-19-21(26)17-11-14(24)6-9-18(17)30-22(19)23(27)25(20)12-16-3-2-10-29-16/h4-9,11,16,20H,2-3,10,12H2,1H3/t16-,20-/m1/s1. The Morgan fingerprint density at radius 2 is 1.97 bits per heavy atom. The number of hydrogen-bond donors (Lipinski definition) is 0. The molecule has 154 valence electrons. The third-order valence-electron chi connectivity index (χ3n) is 5.78. The predicted molar refractivity (Wildman–Crippen MR) is 112 cm³/mol. The fourth-order valence-corrected chi connectivity index (χ4v) is 4.49. The number of amides is 1. The molecule has 0 spiro atoms. The summed E-state index contributed by atoms with van der Waals surface area (Å²) >= 11 is 6.11. The third-order valence-corrected chi connectivity index (χ3v) is 6.02. The average Bonchev–Trinajstić information content (AvgIpc) is 3.37. The van der Waals surface area contributed by atoms with Crippen molar-refractivity contribution in [2.75, 3.05) is 20.3 Å². The van der Waals surface area contributed by atoms with E-state index in [2.05, 4.69) is 0 Å². The molecule has 7 heteroatoms. The molecule has 2 aliphatic rings. The molecule has 2 aliphatic heterocycles. The van der Waals surface area contributed by atoms with Crippen LogP contribution in [0.25, 0.3) is 11.0 Å². The van der Waals surface area contributed by atoms with Crippen LogP contribution in [-0.2, 0) is 4.74 Å². The number of nitrogens with zero attached hydrogens (tertiary/aromatic N) is 1. The Kier molecular flexibility index (Phi) is 4.76. The van der Waals surface area contributed by atoms with Gasteiger partial charge < -0.3 is 18.8 Å². The van der Waals surface area contributed by atoms with Gasteiger partial charge in [0.05, 0.1) is 30.2 Å². The molecule has 2 atom stereocenters. The van der Waals surface area contributed by atoms with Crippen molar-refractivity contribution in [1.82, 2.24) is 4.90 Å². The fourth-order valence-electron chi connectivity index (χ4n) is 4.32. The van der Waals surface area contributed by atoms with E-state index in [0.29, 0.717) is 40.5 Å². The quantitative estimate of drug-likeness (QED) is 0.627. The van der Waals surface area contributed by atoms with Crippen LogP contribution in [0.3, 0.4) is 0 Å². The molecule has 0 unspecified atom stereocenters. The Morgan fingerprint density at radius 3 is 2.67 bits per heavy atom. The molecule has 30 heavy (non-hydrogen) atoms. The lowest BCUT2D eigenvalue weighted by molar-refractivity contribution is 0.0486. The molecule has 0 bridgehead atoms. The van der Waals surface area contributed by atoms with E-state index in [9.17, 15) is 9.59 Å². The van der Waals surface area contributed by atoms with Crippen molar-refractivity contribution in [3.63, 3.8) is 0 Å². The second-order valence-electron chi connectivity index (χ2n) is 7.58. The Balaban J connectivity index is 1.69. The molecule has 1 fully saturated rings. The van der Waals surface area contributed by atoms with Crippen molar-refractivity contribution in [3.8, 4) is 5.75 Å². The summed E-state index contributed by atoms with van der Waals surface area (Å²) in [6.45, 7) is 1.09. The van der Waals surface area contributed by atoms with E-state index >= 15 is 0 Å². The van der Waals surface area contributed by atoms with Crippen molar-refractivity contribution in [1.29, 1.82) is 0 Å². The summed E-state index contributed by atoms with van der Waals surface area (Å²) in [4.78, 5) is 28.5. The van der Waals surface area contributed by atoms with Crippen LogP contribution >= 0.6 is 11.6 Å². The van der Waals surface area contributed by atoms with Crippen LogP contribution in [0.1, 0.15) is 40.6 Å². The summed E-state index contributed by atoms with van der Waals surface area (Å²) in [5.41, 5.74) is 1.27. The molecule has 1 saturated heterocycles. The van der Waals surface area contributed by atoms with E-state index in [0.717, 1.165) is 18.4 Å². The minimum Gasteiger partial charge on any atom is -0.497 e. The topological polar surface area (TPSA) is 69.0 Å². The van der Waals surface area contributed by atoms with Gasteiger partial charge in [-0.2, -0.15) is 0 Å². The maximum Gasteiger partial charge on any atom is 0.291 e. The highest BCUT2D eigenvalue weighted by Crippen LogP contribution is 2.39. The largest absolute Gasteiger partial charge is 0.497 e. The molecule has 6 nitrogen and oxygen atoms in total. The molecule has 1 amide bonds. The van der Waals surface area contributed by atoms with Crippen LogP contribution < -0.4 is 10.2 Å². The van der Waals surface area contributed by atoms with E-state index in [1.54, 1.807) is 30.2 Å². The zero-order chi connectivity index (χ0) is 20.8. The third kappa shape index (κ3) is 3.07. The Bertz CT molecular complexity index is 1180. The number of hydrogen-bond acceptors (Lipinski definition) is 5. The zero-order valence-corrected chi connectivity index (χ0v) is 17.1. The first kappa shape index (κ1) is 19.2. The second-order valence-corrected chi connectivity index (χ2v) is 8.02. The predicted octanol–water partition coefficient (Wildman–Crippen LogP) is 4.18. The number of rotatable bonds is 4. The molecule has 1 aromatic heterocycles. The van der Waals surface area contributed by atoms with Crippen LogP contribution in [0, 0.1) is 0 Å². The summed E-state index contributed by atoms with van der Waals surface area (Å²) in [6, 6.07) is 11.7. The van der Waals surface area contributed by atoms with E-state index in [-0.39, 0.29) is 23.2 Å². The fraction of sp³-hybridized carbons (Fsp3) is 0.304. The molecule has 3 aromatic rings. The van der Waals surface area contributed by atoms with E-state index in [1.807, 2.05) is 24.3 Å². The van der Waals surface area contributed by atoms with Gasteiger partial charge in [-0.3, -0.25) is 9.59 Å². The van der Waals surface area contributed by atoms with Crippen LogP contribution in [0.15, 0.2) is 51.7 Å². The van der Waals surface area contributed by atoms with Gasteiger partial charge in [-0.1, -0.05) is 23.7 Å². The number of halogens is 1. The van der Waals surface area contributed by atoms with Crippen molar-refractivity contribution in [3.05, 3.63) is 74.6 Å². The molecule has 3 heterocycles. The van der Waals surface area contributed by atoms with Gasteiger partial charge in [0, 0.05) is 18.2 Å². The first-order chi connectivity index (χ1) is 14.6. The van der Waals surface area contributed by atoms with Gasteiger partial charge in [-0.15, -0.1) is 0 Å². The van der Waals surface area contributed by atoms with Crippen molar-refractivity contribution in [2.24, 2.45) is 0 Å². The maximum absolute atomic E-state index is 13.5. The molecule has 0 aliphatic carbocycles.